The first-order valence-corrected chi connectivity index (χ1v) is 9.63. The molecule has 0 spiro atoms. The van der Waals surface area contributed by atoms with Gasteiger partial charge in [-0.1, -0.05) is 6.08 Å². The summed E-state index contributed by atoms with van der Waals surface area (Å²) in [5.74, 6) is -0.338. The van der Waals surface area contributed by atoms with Gasteiger partial charge in [0.1, 0.15) is 11.9 Å². The van der Waals surface area contributed by atoms with Crippen molar-refractivity contribution in [1.29, 1.82) is 0 Å². The Bertz CT molecular complexity index is 628. The number of cyclic esters (lactones) is 1. The fourth-order valence-corrected chi connectivity index (χ4v) is 3.86. The van der Waals surface area contributed by atoms with Crippen LogP contribution in [0.4, 0.5) is 9.18 Å². The van der Waals surface area contributed by atoms with Gasteiger partial charge in [0.05, 0.1) is 25.2 Å². The van der Waals surface area contributed by atoms with Gasteiger partial charge in [-0.25, -0.2) is 9.18 Å². The quantitative estimate of drug-likeness (QED) is 0.775. The van der Waals surface area contributed by atoms with Crippen LogP contribution in [0.5, 0.6) is 0 Å². The number of nitrogens with zero attached hydrogens (tertiary/aromatic N) is 2. The van der Waals surface area contributed by atoms with Gasteiger partial charge >= 0.3 is 6.09 Å². The number of amides is 2. The predicted molar refractivity (Wildman–Crippen MR) is 97.4 cm³/mol. The molecule has 2 heterocycles. The van der Waals surface area contributed by atoms with Crippen molar-refractivity contribution in [3.63, 3.8) is 0 Å². The Hall–Kier alpha value is -1.93. The van der Waals surface area contributed by atoms with E-state index in [0.29, 0.717) is 51.7 Å². The largest absolute Gasteiger partial charge is 0.442 e. The molecule has 0 aromatic heterocycles. The van der Waals surface area contributed by atoms with Crippen LogP contribution in [0.2, 0.25) is 0 Å². The first kappa shape index (κ1) is 19.8. The highest BCUT2D eigenvalue weighted by Gasteiger charge is 2.34. The van der Waals surface area contributed by atoms with Crippen LogP contribution >= 0.6 is 0 Å². The van der Waals surface area contributed by atoms with E-state index in [-0.39, 0.29) is 30.4 Å². The van der Waals surface area contributed by atoms with Gasteiger partial charge in [0.15, 0.2) is 0 Å². The van der Waals surface area contributed by atoms with Crippen molar-refractivity contribution in [3.05, 3.63) is 23.7 Å². The smallest absolute Gasteiger partial charge is 0.414 e. The van der Waals surface area contributed by atoms with Crippen LogP contribution in [0.25, 0.3) is 0 Å². The molecule has 7 nitrogen and oxygen atoms in total. The summed E-state index contributed by atoms with van der Waals surface area (Å²) < 4.78 is 20.0. The number of halogens is 1. The van der Waals surface area contributed by atoms with Crippen molar-refractivity contribution in [3.8, 4) is 0 Å². The minimum absolute atomic E-state index is 0.167. The Kier molecular flexibility index (Phi) is 6.49. The van der Waals surface area contributed by atoms with Gasteiger partial charge in [0.2, 0.25) is 5.91 Å². The van der Waals surface area contributed by atoms with Crippen molar-refractivity contribution in [2.45, 2.75) is 57.3 Å². The second-order valence-electron chi connectivity index (χ2n) is 7.40. The fourth-order valence-electron chi connectivity index (χ4n) is 3.86. The Morgan fingerprint density at radius 2 is 2.07 bits per heavy atom. The van der Waals surface area contributed by atoms with Crippen molar-refractivity contribution in [1.82, 2.24) is 15.1 Å². The second-order valence-corrected chi connectivity index (χ2v) is 7.40. The number of carbonyl (C=O) groups excluding carboxylic acids is 2. The average Bonchev–Trinajstić information content (AvgIpc) is 2.99. The molecule has 2 unspecified atom stereocenters. The average molecular weight is 381 g/mol. The van der Waals surface area contributed by atoms with E-state index in [1.807, 2.05) is 6.08 Å². The van der Waals surface area contributed by atoms with E-state index in [2.05, 4.69) is 10.2 Å². The Balaban J connectivity index is 1.59. The minimum Gasteiger partial charge on any atom is -0.442 e. The molecule has 0 radical (unpaired) electrons. The lowest BCUT2D eigenvalue weighted by Crippen LogP contribution is -2.43. The van der Waals surface area contributed by atoms with Crippen molar-refractivity contribution in [2.75, 3.05) is 26.2 Å². The van der Waals surface area contributed by atoms with Gasteiger partial charge in [-0.15, -0.1) is 0 Å². The van der Waals surface area contributed by atoms with Crippen LogP contribution in [-0.4, -0.2) is 71.3 Å². The van der Waals surface area contributed by atoms with Gasteiger partial charge in [0.25, 0.3) is 0 Å². The molecule has 2 N–H and O–H groups in total. The zero-order valence-corrected chi connectivity index (χ0v) is 15.7. The number of aliphatic hydroxyl groups excluding tert-OH is 1. The van der Waals surface area contributed by atoms with Crippen molar-refractivity contribution < 1.29 is 23.8 Å². The molecule has 2 fully saturated rings. The summed E-state index contributed by atoms with van der Waals surface area (Å²) in [6, 6.07) is -0.256. The highest BCUT2D eigenvalue weighted by molar-refractivity contribution is 5.74. The number of hydrogen-bond donors (Lipinski definition) is 2. The first-order valence-electron chi connectivity index (χ1n) is 9.63. The number of carbonyl (C=O) groups is 2. The third-order valence-corrected chi connectivity index (χ3v) is 5.38. The van der Waals surface area contributed by atoms with Crippen LogP contribution in [0.1, 0.15) is 39.0 Å². The van der Waals surface area contributed by atoms with Gasteiger partial charge in [-0.2, -0.15) is 0 Å². The van der Waals surface area contributed by atoms with Gasteiger partial charge in [0, 0.05) is 32.1 Å². The van der Waals surface area contributed by atoms with Gasteiger partial charge in [-0.3, -0.25) is 14.6 Å². The number of aliphatic hydroxyl groups is 1. The first-order chi connectivity index (χ1) is 12.9. The molecule has 2 saturated heterocycles. The van der Waals surface area contributed by atoms with E-state index < -0.39 is 12.2 Å². The number of ether oxygens (including phenoxy) is 1. The molecule has 2 atom stereocenters. The molecule has 0 aromatic rings. The standard InChI is InChI=1S/C19H28FN3O4/c1-13(24)21-11-16-12-23(19(26)27-16)14-3-2-4-18(17(20)6-5-14)22-9-7-15(25)8-10-22/h3,6,15-16,18,25H,2,4-5,7-12H2,1H3,(H,21,24)/b14-3+,17-6+. The summed E-state index contributed by atoms with van der Waals surface area (Å²) >= 11 is 0. The second kappa shape index (κ2) is 8.84. The highest BCUT2D eigenvalue weighted by Crippen LogP contribution is 2.28. The van der Waals surface area contributed by atoms with E-state index in [1.54, 1.807) is 6.08 Å². The minimum atomic E-state index is -0.451. The van der Waals surface area contributed by atoms with E-state index in [1.165, 1.54) is 11.8 Å². The summed E-state index contributed by atoms with van der Waals surface area (Å²) in [6.07, 6.45) is 5.41. The molecule has 2 aliphatic heterocycles. The fraction of sp³-hybridized carbons (Fsp3) is 0.684. The number of piperidine rings is 1. The molecule has 0 bridgehead atoms. The summed E-state index contributed by atoms with van der Waals surface area (Å²) in [4.78, 5) is 26.8. The van der Waals surface area contributed by atoms with E-state index in [9.17, 15) is 19.1 Å². The van der Waals surface area contributed by atoms with Crippen LogP contribution in [0.3, 0.4) is 0 Å². The molecule has 3 rings (SSSR count). The highest BCUT2D eigenvalue weighted by atomic mass is 19.1. The number of rotatable bonds is 4. The summed E-state index contributed by atoms with van der Waals surface area (Å²) in [7, 11) is 0. The van der Waals surface area contributed by atoms with E-state index in [4.69, 9.17) is 4.74 Å². The lowest BCUT2D eigenvalue weighted by molar-refractivity contribution is -0.119. The van der Waals surface area contributed by atoms with Crippen LogP contribution in [0.15, 0.2) is 23.7 Å². The number of allylic oxidation sites excluding steroid dienone is 2. The molecular formula is C19H28FN3O4. The molecule has 0 aromatic carbocycles. The summed E-state index contributed by atoms with van der Waals surface area (Å²) in [5.41, 5.74) is 0.744. The van der Waals surface area contributed by atoms with E-state index in [0.717, 1.165) is 5.70 Å². The predicted octanol–water partition coefficient (Wildman–Crippen LogP) is 1.69. The Morgan fingerprint density at radius 3 is 2.78 bits per heavy atom. The zero-order chi connectivity index (χ0) is 19.4. The maximum atomic E-state index is 14.8. The summed E-state index contributed by atoms with van der Waals surface area (Å²) in [5, 5.41) is 12.3. The Labute approximate surface area is 158 Å². The lowest BCUT2D eigenvalue weighted by atomic mass is 9.99. The SMILES string of the molecule is CC(=O)NCC1CN(/C2=C/CCC(N3CCC(O)CC3)/C(F)=C\C2)C(=O)O1. The maximum Gasteiger partial charge on any atom is 0.414 e. The zero-order valence-electron chi connectivity index (χ0n) is 15.7. The third kappa shape index (κ3) is 5.07. The molecule has 8 heteroatoms. The van der Waals surface area contributed by atoms with Crippen LogP contribution in [-0.2, 0) is 9.53 Å². The Morgan fingerprint density at radius 1 is 1.33 bits per heavy atom. The van der Waals surface area contributed by atoms with Gasteiger partial charge < -0.3 is 15.2 Å². The normalized spacial score (nSPS) is 32.0. The topological polar surface area (TPSA) is 82.1 Å². The molecule has 150 valence electrons. The van der Waals surface area contributed by atoms with Crippen LogP contribution < -0.4 is 5.32 Å². The summed E-state index contributed by atoms with van der Waals surface area (Å²) in [6.45, 7) is 3.45. The molecule has 0 saturated carbocycles. The maximum absolute atomic E-state index is 14.8. The molecule has 1 aliphatic carbocycles. The third-order valence-electron chi connectivity index (χ3n) is 5.38. The lowest BCUT2D eigenvalue weighted by Gasteiger charge is -2.36. The molecule has 3 aliphatic rings. The van der Waals surface area contributed by atoms with Crippen molar-refractivity contribution >= 4 is 12.0 Å². The molecule has 2 amide bonds. The number of likely N-dealkylation sites (tertiary alicyclic amines) is 1. The van der Waals surface area contributed by atoms with E-state index >= 15 is 0 Å². The molecular weight excluding hydrogens is 353 g/mol. The van der Waals surface area contributed by atoms with Crippen molar-refractivity contribution in [2.24, 2.45) is 0 Å². The molecule has 27 heavy (non-hydrogen) atoms. The monoisotopic (exact) mass is 381 g/mol. The number of hydrogen-bond acceptors (Lipinski definition) is 5. The number of nitrogens with one attached hydrogen (secondary N) is 1. The van der Waals surface area contributed by atoms with Gasteiger partial charge in [-0.05, 0) is 31.8 Å². The van der Waals surface area contributed by atoms with Crippen LogP contribution in [0, 0.1) is 0 Å².